The van der Waals surface area contributed by atoms with Gasteiger partial charge in [-0.2, -0.15) is 5.10 Å². The Morgan fingerprint density at radius 3 is 2.54 bits per heavy atom. The van der Waals surface area contributed by atoms with Gasteiger partial charge in [0.25, 0.3) is 0 Å². The maximum absolute atomic E-state index is 12.5. The average molecular weight is 349 g/mol. The highest BCUT2D eigenvalue weighted by Gasteiger charge is 2.24. The first-order valence-corrected chi connectivity index (χ1v) is 8.57. The van der Waals surface area contributed by atoms with Crippen molar-refractivity contribution in [3.63, 3.8) is 0 Å². The lowest BCUT2D eigenvalue weighted by atomic mass is 9.90. The minimum absolute atomic E-state index is 0.105. The summed E-state index contributed by atoms with van der Waals surface area (Å²) in [5.74, 6) is 0.950. The number of hydrogen-bond acceptors (Lipinski definition) is 5. The summed E-state index contributed by atoms with van der Waals surface area (Å²) < 4.78 is 1.53. The Morgan fingerprint density at radius 2 is 1.81 bits per heavy atom. The summed E-state index contributed by atoms with van der Waals surface area (Å²) >= 11 is 0. The van der Waals surface area contributed by atoms with E-state index in [9.17, 15) is 4.79 Å². The number of carbonyl (C=O) groups is 1. The summed E-state index contributed by atoms with van der Waals surface area (Å²) in [7, 11) is 0. The highest BCUT2D eigenvalue weighted by atomic mass is 16.2. The maximum Gasteiger partial charge on any atom is 0.321 e. The molecule has 2 amide bonds. The molecule has 8 heteroatoms. The fourth-order valence-corrected chi connectivity index (χ4v) is 3.16. The van der Waals surface area contributed by atoms with E-state index in [4.69, 9.17) is 0 Å². The van der Waals surface area contributed by atoms with Crippen molar-refractivity contribution in [2.24, 2.45) is 0 Å². The summed E-state index contributed by atoms with van der Waals surface area (Å²) in [5, 5.41) is 7.08. The van der Waals surface area contributed by atoms with Crippen molar-refractivity contribution in [3.05, 3.63) is 60.9 Å². The van der Waals surface area contributed by atoms with Crippen LogP contribution < -0.4 is 5.32 Å². The molecule has 0 atom stereocenters. The fraction of sp³-hybridized carbons (Fsp3) is 0.278. The molecule has 4 rings (SSSR count). The zero-order valence-electron chi connectivity index (χ0n) is 14.2. The number of piperidine rings is 1. The number of carbonyl (C=O) groups excluding carboxylic acids is 1. The van der Waals surface area contributed by atoms with Gasteiger partial charge in [-0.3, -0.25) is 4.98 Å². The molecule has 1 saturated heterocycles. The van der Waals surface area contributed by atoms with E-state index < -0.39 is 0 Å². The Morgan fingerprint density at radius 1 is 1.08 bits per heavy atom. The summed E-state index contributed by atoms with van der Waals surface area (Å²) in [6, 6.07) is 5.75. The Hall–Kier alpha value is -3.29. The van der Waals surface area contributed by atoms with Gasteiger partial charge in [0.2, 0.25) is 5.95 Å². The Bertz CT molecular complexity index is 858. The van der Waals surface area contributed by atoms with Crippen LogP contribution in [0.4, 0.5) is 10.5 Å². The molecule has 0 bridgehead atoms. The van der Waals surface area contributed by atoms with Crippen LogP contribution >= 0.6 is 0 Å². The van der Waals surface area contributed by atoms with Gasteiger partial charge in [0.15, 0.2) is 0 Å². The van der Waals surface area contributed by atoms with Gasteiger partial charge >= 0.3 is 6.03 Å². The molecule has 8 nitrogen and oxygen atoms in total. The smallest absolute Gasteiger partial charge is 0.321 e. The molecular weight excluding hydrogens is 330 g/mol. The third-order valence-electron chi connectivity index (χ3n) is 4.55. The van der Waals surface area contributed by atoms with E-state index in [1.54, 1.807) is 30.9 Å². The third kappa shape index (κ3) is 3.53. The Labute approximate surface area is 150 Å². The van der Waals surface area contributed by atoms with Crippen molar-refractivity contribution in [3.8, 4) is 5.95 Å². The van der Waals surface area contributed by atoms with Crippen molar-refractivity contribution in [1.82, 2.24) is 29.6 Å². The molecule has 132 valence electrons. The van der Waals surface area contributed by atoms with Crippen molar-refractivity contribution in [2.45, 2.75) is 18.8 Å². The molecule has 0 radical (unpaired) electrons. The Balaban J connectivity index is 1.34. The number of urea groups is 1. The van der Waals surface area contributed by atoms with Crippen LogP contribution in [-0.2, 0) is 0 Å². The predicted molar refractivity (Wildman–Crippen MR) is 96.0 cm³/mol. The van der Waals surface area contributed by atoms with Crippen LogP contribution in [0.15, 0.2) is 55.4 Å². The zero-order valence-corrected chi connectivity index (χ0v) is 14.2. The number of anilines is 1. The van der Waals surface area contributed by atoms with E-state index in [0.29, 0.717) is 17.6 Å². The van der Waals surface area contributed by atoms with Crippen LogP contribution in [-0.4, -0.2) is 48.8 Å². The first-order valence-electron chi connectivity index (χ1n) is 8.57. The van der Waals surface area contributed by atoms with Crippen molar-refractivity contribution >= 4 is 11.7 Å². The number of likely N-dealkylation sites (tertiary alicyclic amines) is 1. The highest BCUT2D eigenvalue weighted by molar-refractivity contribution is 5.89. The molecule has 1 aliphatic rings. The molecule has 0 spiro atoms. The van der Waals surface area contributed by atoms with Crippen LogP contribution in [0.5, 0.6) is 0 Å². The van der Waals surface area contributed by atoms with Gasteiger partial charge in [0.1, 0.15) is 0 Å². The van der Waals surface area contributed by atoms with Crippen LogP contribution in [0.3, 0.4) is 0 Å². The number of rotatable bonds is 3. The minimum atomic E-state index is -0.105. The van der Waals surface area contributed by atoms with E-state index in [2.05, 4.69) is 37.5 Å². The second-order valence-electron chi connectivity index (χ2n) is 6.19. The van der Waals surface area contributed by atoms with Gasteiger partial charge in [-0.15, -0.1) is 0 Å². The quantitative estimate of drug-likeness (QED) is 0.785. The summed E-state index contributed by atoms with van der Waals surface area (Å²) in [6.45, 7) is 1.46. The predicted octanol–water partition coefficient (Wildman–Crippen LogP) is 2.47. The van der Waals surface area contributed by atoms with E-state index in [0.717, 1.165) is 25.9 Å². The van der Waals surface area contributed by atoms with Crippen molar-refractivity contribution < 1.29 is 4.79 Å². The second kappa shape index (κ2) is 7.30. The van der Waals surface area contributed by atoms with Crippen LogP contribution in [0, 0.1) is 0 Å². The topological polar surface area (TPSA) is 88.8 Å². The van der Waals surface area contributed by atoms with Crippen molar-refractivity contribution in [2.75, 3.05) is 18.4 Å². The number of pyridine rings is 1. The van der Waals surface area contributed by atoms with Crippen LogP contribution in [0.2, 0.25) is 0 Å². The van der Waals surface area contributed by atoms with Gasteiger partial charge in [-0.1, -0.05) is 0 Å². The molecule has 0 aromatic carbocycles. The second-order valence-corrected chi connectivity index (χ2v) is 6.19. The largest absolute Gasteiger partial charge is 0.324 e. The molecule has 26 heavy (non-hydrogen) atoms. The summed E-state index contributed by atoms with van der Waals surface area (Å²) in [6.07, 6.45) is 12.1. The molecule has 1 aliphatic heterocycles. The monoisotopic (exact) mass is 349 g/mol. The average Bonchev–Trinajstić information content (AvgIpc) is 3.18. The number of hydrogen-bond donors (Lipinski definition) is 1. The maximum atomic E-state index is 12.5. The van der Waals surface area contributed by atoms with E-state index in [1.165, 1.54) is 10.2 Å². The molecule has 1 N–H and O–H groups in total. The van der Waals surface area contributed by atoms with E-state index in [1.807, 2.05) is 17.3 Å². The summed E-state index contributed by atoms with van der Waals surface area (Å²) in [4.78, 5) is 26.7. The molecule has 0 saturated carbocycles. The molecule has 3 aromatic heterocycles. The number of nitrogens with zero attached hydrogens (tertiary/aromatic N) is 6. The zero-order chi connectivity index (χ0) is 17.8. The fourth-order valence-electron chi connectivity index (χ4n) is 3.16. The molecule has 3 aromatic rings. The van der Waals surface area contributed by atoms with Gasteiger partial charge in [-0.25, -0.2) is 19.4 Å². The lowest BCUT2D eigenvalue weighted by molar-refractivity contribution is 0.194. The Kier molecular flexibility index (Phi) is 4.55. The van der Waals surface area contributed by atoms with Gasteiger partial charge in [0, 0.05) is 37.9 Å². The molecule has 0 unspecified atom stereocenters. The standard InChI is InChI=1S/C18H19N7O/c26-18(23-16-12-22-25(13-16)17-20-6-1-7-21-17)24-10-4-15(5-11-24)14-2-8-19-9-3-14/h1-3,6-9,12-13,15H,4-5,10-11H2,(H,23,26). The normalized spacial score (nSPS) is 15.0. The van der Waals surface area contributed by atoms with Crippen LogP contribution in [0.1, 0.15) is 24.3 Å². The third-order valence-corrected chi connectivity index (χ3v) is 4.55. The number of amides is 2. The lowest BCUT2D eigenvalue weighted by Gasteiger charge is -2.32. The van der Waals surface area contributed by atoms with Crippen LogP contribution in [0.25, 0.3) is 5.95 Å². The van der Waals surface area contributed by atoms with Gasteiger partial charge in [0.05, 0.1) is 18.1 Å². The summed E-state index contributed by atoms with van der Waals surface area (Å²) in [5.41, 5.74) is 1.92. The number of aromatic nitrogens is 5. The van der Waals surface area contributed by atoms with Crippen molar-refractivity contribution in [1.29, 1.82) is 0 Å². The lowest BCUT2D eigenvalue weighted by Crippen LogP contribution is -2.40. The van der Waals surface area contributed by atoms with Gasteiger partial charge < -0.3 is 10.2 Å². The van der Waals surface area contributed by atoms with E-state index >= 15 is 0 Å². The molecule has 0 aliphatic carbocycles. The van der Waals surface area contributed by atoms with Gasteiger partial charge in [-0.05, 0) is 42.5 Å². The molecule has 1 fully saturated rings. The molecular formula is C18H19N7O. The SMILES string of the molecule is O=C(Nc1cnn(-c2ncccn2)c1)N1CCC(c2ccncc2)CC1. The first kappa shape index (κ1) is 16.2. The first-order chi connectivity index (χ1) is 12.8. The molecule has 4 heterocycles. The van der Waals surface area contributed by atoms with E-state index in [-0.39, 0.29) is 6.03 Å². The minimum Gasteiger partial charge on any atom is -0.324 e. The number of nitrogens with one attached hydrogen (secondary N) is 1. The highest BCUT2D eigenvalue weighted by Crippen LogP contribution is 2.27.